The highest BCUT2D eigenvalue weighted by molar-refractivity contribution is 7.89. The molecule has 0 aromatic heterocycles. The number of anilines is 1. The van der Waals surface area contributed by atoms with Crippen LogP contribution in [0.25, 0.3) is 0 Å². The van der Waals surface area contributed by atoms with Crippen LogP contribution in [0.15, 0.2) is 47.4 Å². The molecule has 1 N–H and O–H groups in total. The molecule has 0 fully saturated rings. The Labute approximate surface area is 168 Å². The summed E-state index contributed by atoms with van der Waals surface area (Å²) in [6, 6.07) is 10.8. The maximum atomic E-state index is 12.6. The molecule has 1 atom stereocenters. The highest BCUT2D eigenvalue weighted by Gasteiger charge is 2.30. The first-order valence-corrected chi connectivity index (χ1v) is 10.6. The molecule has 2 aromatic carbocycles. The topological polar surface area (TPSA) is 75.7 Å². The maximum Gasteiger partial charge on any atom is 0.387 e. The summed E-state index contributed by atoms with van der Waals surface area (Å²) in [5, 5.41) is 0. The van der Waals surface area contributed by atoms with Gasteiger partial charge in [-0.05, 0) is 61.2 Å². The van der Waals surface area contributed by atoms with E-state index in [-0.39, 0.29) is 29.1 Å². The quantitative estimate of drug-likeness (QED) is 0.741. The number of nitrogens with zero attached hydrogens (tertiary/aromatic N) is 1. The molecule has 0 spiro atoms. The summed E-state index contributed by atoms with van der Waals surface area (Å²) < 4.78 is 56.4. The Hall–Kier alpha value is -2.52. The Kier molecular flexibility index (Phi) is 6.18. The molecular weight excluding hydrogens is 402 g/mol. The SMILES string of the molecule is CC(=O)N1c2ccc(S(=O)(=O)NCCc3ccc(OC(F)F)cc3)cc2CC1C. The number of carbonyl (C=O) groups is 1. The van der Waals surface area contributed by atoms with E-state index in [9.17, 15) is 22.0 Å². The van der Waals surface area contributed by atoms with Gasteiger partial charge in [0.1, 0.15) is 5.75 Å². The largest absolute Gasteiger partial charge is 0.435 e. The van der Waals surface area contributed by atoms with Gasteiger partial charge in [-0.3, -0.25) is 4.79 Å². The number of carbonyl (C=O) groups excluding carboxylic acids is 1. The molecule has 0 radical (unpaired) electrons. The normalized spacial score (nSPS) is 16.2. The monoisotopic (exact) mass is 424 g/mol. The number of fused-ring (bicyclic) bond motifs is 1. The minimum atomic E-state index is -3.71. The first-order chi connectivity index (χ1) is 13.7. The molecule has 0 saturated heterocycles. The van der Waals surface area contributed by atoms with Crippen LogP contribution in [-0.2, 0) is 27.7 Å². The van der Waals surface area contributed by atoms with Gasteiger partial charge < -0.3 is 9.64 Å². The molecular formula is C20H22F2N2O4S. The summed E-state index contributed by atoms with van der Waals surface area (Å²) >= 11 is 0. The number of alkyl halides is 2. The van der Waals surface area contributed by atoms with Crippen LogP contribution in [0.4, 0.5) is 14.5 Å². The molecule has 6 nitrogen and oxygen atoms in total. The highest BCUT2D eigenvalue weighted by Crippen LogP contribution is 2.33. The molecule has 156 valence electrons. The van der Waals surface area contributed by atoms with E-state index in [0.29, 0.717) is 12.8 Å². The molecule has 1 aliphatic rings. The van der Waals surface area contributed by atoms with E-state index >= 15 is 0 Å². The zero-order valence-corrected chi connectivity index (χ0v) is 16.9. The van der Waals surface area contributed by atoms with E-state index in [4.69, 9.17) is 0 Å². The highest BCUT2D eigenvalue weighted by atomic mass is 32.2. The number of ether oxygens (including phenoxy) is 1. The number of hydrogen-bond donors (Lipinski definition) is 1. The van der Waals surface area contributed by atoms with Gasteiger partial charge in [0.15, 0.2) is 0 Å². The fourth-order valence-corrected chi connectivity index (χ4v) is 4.59. The Morgan fingerprint density at radius 3 is 2.55 bits per heavy atom. The van der Waals surface area contributed by atoms with Crippen molar-refractivity contribution in [2.75, 3.05) is 11.4 Å². The Morgan fingerprint density at radius 2 is 1.93 bits per heavy atom. The molecule has 1 amide bonds. The van der Waals surface area contributed by atoms with Crippen molar-refractivity contribution in [1.29, 1.82) is 0 Å². The summed E-state index contributed by atoms with van der Waals surface area (Å²) in [6.45, 7) is 0.686. The second kappa shape index (κ2) is 8.46. The van der Waals surface area contributed by atoms with Crippen molar-refractivity contribution in [1.82, 2.24) is 4.72 Å². The summed E-state index contributed by atoms with van der Waals surface area (Å²) in [5.41, 5.74) is 2.36. The van der Waals surface area contributed by atoms with E-state index in [1.807, 2.05) is 6.92 Å². The number of nitrogens with one attached hydrogen (secondary N) is 1. The minimum absolute atomic E-state index is 0.00886. The molecule has 1 aliphatic heterocycles. The lowest BCUT2D eigenvalue weighted by atomic mass is 10.1. The second-order valence-electron chi connectivity index (χ2n) is 6.90. The molecule has 0 aliphatic carbocycles. The third kappa shape index (κ3) is 4.91. The fourth-order valence-electron chi connectivity index (χ4n) is 3.51. The fraction of sp³-hybridized carbons (Fsp3) is 0.350. The summed E-state index contributed by atoms with van der Waals surface area (Å²) in [4.78, 5) is 13.6. The molecule has 1 unspecified atom stereocenters. The van der Waals surface area contributed by atoms with Gasteiger partial charge >= 0.3 is 6.61 Å². The average Bonchev–Trinajstić information content (AvgIpc) is 2.97. The van der Waals surface area contributed by atoms with Crippen molar-refractivity contribution < 1.29 is 26.7 Å². The van der Waals surface area contributed by atoms with Crippen molar-refractivity contribution in [2.45, 2.75) is 44.2 Å². The molecule has 3 rings (SSSR count). The molecule has 1 heterocycles. The number of amides is 1. The van der Waals surface area contributed by atoms with Crippen LogP contribution in [0.2, 0.25) is 0 Å². The van der Waals surface area contributed by atoms with Gasteiger partial charge in [-0.25, -0.2) is 13.1 Å². The number of halogens is 2. The molecule has 0 saturated carbocycles. The lowest BCUT2D eigenvalue weighted by Crippen LogP contribution is -2.33. The first kappa shape index (κ1) is 21.2. The van der Waals surface area contributed by atoms with Crippen LogP contribution in [-0.4, -0.2) is 33.5 Å². The minimum Gasteiger partial charge on any atom is -0.435 e. The third-order valence-corrected chi connectivity index (χ3v) is 6.23. The van der Waals surface area contributed by atoms with Crippen molar-refractivity contribution in [3.05, 3.63) is 53.6 Å². The van der Waals surface area contributed by atoms with E-state index in [1.54, 1.807) is 29.2 Å². The number of benzene rings is 2. The predicted octanol–water partition coefficient (Wildman–Crippen LogP) is 3.11. The van der Waals surface area contributed by atoms with Gasteiger partial charge in [0, 0.05) is 25.2 Å². The van der Waals surface area contributed by atoms with Gasteiger partial charge in [-0.15, -0.1) is 0 Å². The van der Waals surface area contributed by atoms with Crippen LogP contribution < -0.4 is 14.4 Å². The number of rotatable bonds is 7. The zero-order valence-electron chi connectivity index (χ0n) is 16.1. The van der Waals surface area contributed by atoms with Gasteiger partial charge in [-0.2, -0.15) is 8.78 Å². The van der Waals surface area contributed by atoms with E-state index in [1.165, 1.54) is 25.1 Å². The standard InChI is InChI=1S/C20H22F2N2O4S/c1-13-11-16-12-18(7-8-19(16)24(13)14(2)25)29(26,27)23-10-9-15-3-5-17(6-4-15)28-20(21)22/h3-8,12-13,20,23H,9-11H2,1-2H3. The van der Waals surface area contributed by atoms with Crippen molar-refractivity contribution in [3.8, 4) is 5.75 Å². The molecule has 9 heteroatoms. The Bertz CT molecular complexity index is 994. The summed E-state index contributed by atoms with van der Waals surface area (Å²) in [6.07, 6.45) is 1.000. The lowest BCUT2D eigenvalue weighted by Gasteiger charge is -2.20. The Morgan fingerprint density at radius 1 is 1.24 bits per heavy atom. The van der Waals surface area contributed by atoms with E-state index in [2.05, 4.69) is 9.46 Å². The number of sulfonamides is 1. The second-order valence-corrected chi connectivity index (χ2v) is 8.67. The van der Waals surface area contributed by atoms with Gasteiger partial charge in [-0.1, -0.05) is 12.1 Å². The van der Waals surface area contributed by atoms with Crippen LogP contribution in [0.5, 0.6) is 5.75 Å². The van der Waals surface area contributed by atoms with Crippen LogP contribution in [0.3, 0.4) is 0 Å². The predicted molar refractivity (Wildman–Crippen MR) is 105 cm³/mol. The van der Waals surface area contributed by atoms with Crippen LogP contribution in [0.1, 0.15) is 25.0 Å². The van der Waals surface area contributed by atoms with Crippen molar-refractivity contribution >= 4 is 21.6 Å². The van der Waals surface area contributed by atoms with E-state index in [0.717, 1.165) is 16.8 Å². The third-order valence-electron chi connectivity index (χ3n) is 4.77. The smallest absolute Gasteiger partial charge is 0.387 e. The van der Waals surface area contributed by atoms with Crippen LogP contribution >= 0.6 is 0 Å². The summed E-state index contributed by atoms with van der Waals surface area (Å²) in [7, 11) is -3.71. The lowest BCUT2D eigenvalue weighted by molar-refractivity contribution is -0.116. The maximum absolute atomic E-state index is 12.6. The van der Waals surface area contributed by atoms with Crippen LogP contribution in [0, 0.1) is 0 Å². The molecule has 0 bridgehead atoms. The van der Waals surface area contributed by atoms with Crippen molar-refractivity contribution in [3.63, 3.8) is 0 Å². The first-order valence-electron chi connectivity index (χ1n) is 9.13. The zero-order chi connectivity index (χ0) is 21.2. The molecule has 29 heavy (non-hydrogen) atoms. The van der Waals surface area contributed by atoms with Gasteiger partial charge in [0.2, 0.25) is 15.9 Å². The van der Waals surface area contributed by atoms with Gasteiger partial charge in [0.05, 0.1) is 4.90 Å². The van der Waals surface area contributed by atoms with Crippen molar-refractivity contribution in [2.24, 2.45) is 0 Å². The Balaban J connectivity index is 1.63. The summed E-state index contributed by atoms with van der Waals surface area (Å²) in [5.74, 6) is -0.0220. The molecule has 2 aromatic rings. The van der Waals surface area contributed by atoms with E-state index < -0.39 is 16.6 Å². The van der Waals surface area contributed by atoms with Gasteiger partial charge in [0.25, 0.3) is 0 Å². The number of hydrogen-bond acceptors (Lipinski definition) is 4. The average molecular weight is 424 g/mol.